The fraction of sp³-hybridized carbons (Fsp3) is 0.550. The maximum atomic E-state index is 8.93. The van der Waals surface area contributed by atoms with Crippen molar-refractivity contribution in [3.05, 3.63) is 41.5 Å². The van der Waals surface area contributed by atoms with E-state index in [9.17, 15) is 0 Å². The van der Waals surface area contributed by atoms with Gasteiger partial charge in [0.05, 0.1) is 6.07 Å². The van der Waals surface area contributed by atoms with Gasteiger partial charge in [0.15, 0.2) is 6.79 Å². The molecule has 1 aromatic rings. The van der Waals surface area contributed by atoms with Gasteiger partial charge in [0.2, 0.25) is 0 Å². The number of nitriles is 1. The van der Waals surface area contributed by atoms with Gasteiger partial charge in [0.1, 0.15) is 5.75 Å². The SMILES string of the molecule is C=C1CC[C@@H]2c3ccc(OCOC)cc3CC[C@H]2[C@@H]1CCC#N. The van der Waals surface area contributed by atoms with Crippen LogP contribution in [0.1, 0.15) is 49.1 Å². The molecule has 0 amide bonds. The van der Waals surface area contributed by atoms with Crippen molar-refractivity contribution >= 4 is 0 Å². The average molecular weight is 311 g/mol. The summed E-state index contributed by atoms with van der Waals surface area (Å²) in [6.45, 7) is 4.59. The van der Waals surface area contributed by atoms with E-state index >= 15 is 0 Å². The van der Waals surface area contributed by atoms with E-state index in [-0.39, 0.29) is 0 Å². The number of nitrogens with zero attached hydrogens (tertiary/aromatic N) is 1. The Morgan fingerprint density at radius 3 is 2.96 bits per heavy atom. The van der Waals surface area contributed by atoms with E-state index < -0.39 is 0 Å². The lowest BCUT2D eigenvalue weighted by atomic mass is 9.61. The Hall–Kier alpha value is -1.79. The molecule has 0 aliphatic heterocycles. The summed E-state index contributed by atoms with van der Waals surface area (Å²) < 4.78 is 10.6. The smallest absolute Gasteiger partial charge is 0.188 e. The average Bonchev–Trinajstić information content (AvgIpc) is 2.58. The van der Waals surface area contributed by atoms with Gasteiger partial charge in [0.25, 0.3) is 0 Å². The molecule has 2 aliphatic rings. The predicted molar refractivity (Wildman–Crippen MR) is 90.2 cm³/mol. The Morgan fingerprint density at radius 2 is 2.17 bits per heavy atom. The van der Waals surface area contributed by atoms with Crippen LogP contribution in [0.3, 0.4) is 0 Å². The first kappa shape index (κ1) is 16.1. The first-order valence-corrected chi connectivity index (χ1v) is 8.53. The number of methoxy groups -OCH3 is 1. The lowest BCUT2D eigenvalue weighted by molar-refractivity contribution is 0.0510. The Balaban J connectivity index is 1.81. The molecule has 2 aliphatic carbocycles. The van der Waals surface area contributed by atoms with E-state index in [1.165, 1.54) is 29.5 Å². The number of ether oxygens (including phenoxy) is 2. The number of aryl methyl sites for hydroxylation is 1. The summed E-state index contributed by atoms with van der Waals surface area (Å²) in [6, 6.07) is 8.79. The zero-order valence-corrected chi connectivity index (χ0v) is 13.9. The van der Waals surface area contributed by atoms with Gasteiger partial charge in [-0.2, -0.15) is 5.26 Å². The van der Waals surface area contributed by atoms with Gasteiger partial charge in [-0.05, 0) is 73.1 Å². The topological polar surface area (TPSA) is 42.2 Å². The highest BCUT2D eigenvalue weighted by atomic mass is 16.7. The van der Waals surface area contributed by atoms with Crippen molar-refractivity contribution in [3.63, 3.8) is 0 Å². The van der Waals surface area contributed by atoms with Crippen LogP contribution >= 0.6 is 0 Å². The minimum atomic E-state index is 0.293. The molecule has 0 radical (unpaired) electrons. The molecule has 0 spiro atoms. The third-order valence-electron chi connectivity index (χ3n) is 5.51. The van der Waals surface area contributed by atoms with Crippen molar-refractivity contribution in [2.45, 2.75) is 44.4 Å². The van der Waals surface area contributed by atoms with Crippen molar-refractivity contribution < 1.29 is 9.47 Å². The fourth-order valence-electron chi connectivity index (χ4n) is 4.45. The second-order valence-corrected chi connectivity index (χ2v) is 6.72. The molecule has 3 nitrogen and oxygen atoms in total. The van der Waals surface area contributed by atoms with Crippen molar-refractivity contribution in [2.75, 3.05) is 13.9 Å². The second-order valence-electron chi connectivity index (χ2n) is 6.72. The van der Waals surface area contributed by atoms with Crippen LogP contribution < -0.4 is 4.74 Å². The van der Waals surface area contributed by atoms with Crippen LogP contribution in [0, 0.1) is 23.2 Å². The monoisotopic (exact) mass is 311 g/mol. The molecule has 0 saturated heterocycles. The number of allylic oxidation sites excluding steroid dienone is 1. The molecule has 0 N–H and O–H groups in total. The van der Waals surface area contributed by atoms with E-state index in [1.807, 2.05) is 0 Å². The molecule has 1 fully saturated rings. The summed E-state index contributed by atoms with van der Waals surface area (Å²) in [5, 5.41) is 8.93. The fourth-order valence-corrected chi connectivity index (χ4v) is 4.45. The molecule has 23 heavy (non-hydrogen) atoms. The number of benzene rings is 1. The predicted octanol–water partition coefficient (Wildman–Crippen LogP) is 4.59. The number of hydrogen-bond donors (Lipinski definition) is 0. The zero-order chi connectivity index (χ0) is 16.2. The summed E-state index contributed by atoms with van der Waals surface area (Å²) in [5.41, 5.74) is 4.27. The maximum Gasteiger partial charge on any atom is 0.188 e. The Kier molecular flexibility index (Phi) is 5.03. The third-order valence-corrected chi connectivity index (χ3v) is 5.51. The standard InChI is InChI=1S/C20H25NO2/c1-14-5-8-20-18-10-7-16(23-13-22-2)12-15(18)6-9-19(20)17(14)4-3-11-21/h7,10,12,17,19-20H,1,3-6,8-9,13H2,2H3/t17-,19+,20-/m1/s1. The van der Waals surface area contributed by atoms with Crippen LogP contribution in [0.2, 0.25) is 0 Å². The van der Waals surface area contributed by atoms with Crippen molar-refractivity contribution in [1.29, 1.82) is 5.26 Å². The molecular formula is C20H25NO2. The van der Waals surface area contributed by atoms with Gasteiger partial charge >= 0.3 is 0 Å². The summed E-state index contributed by atoms with van der Waals surface area (Å²) in [4.78, 5) is 0. The Bertz CT molecular complexity index is 617. The van der Waals surface area contributed by atoms with Crippen LogP contribution in [0.5, 0.6) is 5.75 Å². The Labute approximate surface area is 138 Å². The highest BCUT2D eigenvalue weighted by Gasteiger charge is 2.38. The van der Waals surface area contributed by atoms with Crippen molar-refractivity contribution in [1.82, 2.24) is 0 Å². The summed E-state index contributed by atoms with van der Waals surface area (Å²) >= 11 is 0. The summed E-state index contributed by atoms with van der Waals surface area (Å²) in [6.07, 6.45) is 6.19. The van der Waals surface area contributed by atoms with Crippen molar-refractivity contribution in [2.24, 2.45) is 11.8 Å². The minimum Gasteiger partial charge on any atom is -0.468 e. The molecule has 0 bridgehead atoms. The maximum absolute atomic E-state index is 8.93. The van der Waals surface area contributed by atoms with Crippen LogP contribution in [-0.2, 0) is 11.2 Å². The summed E-state index contributed by atoms with van der Waals surface area (Å²) in [5.74, 6) is 2.68. The lowest BCUT2D eigenvalue weighted by Gasteiger charge is -2.43. The van der Waals surface area contributed by atoms with E-state index in [0.717, 1.165) is 25.0 Å². The highest BCUT2D eigenvalue weighted by Crippen LogP contribution is 2.51. The molecule has 0 heterocycles. The molecule has 3 heteroatoms. The molecule has 3 rings (SSSR count). The van der Waals surface area contributed by atoms with Crippen LogP contribution in [0.4, 0.5) is 0 Å². The largest absolute Gasteiger partial charge is 0.468 e. The number of fused-ring (bicyclic) bond motifs is 3. The zero-order valence-electron chi connectivity index (χ0n) is 13.9. The van der Waals surface area contributed by atoms with Gasteiger partial charge in [0, 0.05) is 13.5 Å². The van der Waals surface area contributed by atoms with E-state index in [0.29, 0.717) is 31.0 Å². The number of rotatable bonds is 5. The molecule has 3 atom stereocenters. The van der Waals surface area contributed by atoms with E-state index in [1.54, 1.807) is 7.11 Å². The van der Waals surface area contributed by atoms with Crippen molar-refractivity contribution in [3.8, 4) is 11.8 Å². The van der Waals surface area contributed by atoms with Crippen LogP contribution in [-0.4, -0.2) is 13.9 Å². The minimum absolute atomic E-state index is 0.293. The first-order valence-electron chi connectivity index (χ1n) is 8.53. The van der Waals surface area contributed by atoms with Gasteiger partial charge in [-0.1, -0.05) is 18.2 Å². The highest BCUT2D eigenvalue weighted by molar-refractivity contribution is 5.41. The lowest BCUT2D eigenvalue weighted by Crippen LogP contribution is -2.32. The third kappa shape index (κ3) is 3.28. The molecule has 1 aromatic carbocycles. The van der Waals surface area contributed by atoms with Gasteiger partial charge in [-0.3, -0.25) is 0 Å². The first-order chi connectivity index (χ1) is 11.2. The normalized spacial score (nSPS) is 26.1. The molecule has 0 unspecified atom stereocenters. The van der Waals surface area contributed by atoms with Crippen LogP contribution in [0.25, 0.3) is 0 Å². The quantitative estimate of drug-likeness (QED) is 0.590. The van der Waals surface area contributed by atoms with Gasteiger partial charge in [-0.15, -0.1) is 0 Å². The molecule has 0 aromatic heterocycles. The molecule has 122 valence electrons. The summed E-state index contributed by atoms with van der Waals surface area (Å²) in [7, 11) is 1.64. The van der Waals surface area contributed by atoms with Crippen LogP contribution in [0.15, 0.2) is 30.4 Å². The van der Waals surface area contributed by atoms with Gasteiger partial charge in [-0.25, -0.2) is 0 Å². The Morgan fingerprint density at radius 1 is 1.30 bits per heavy atom. The number of hydrogen-bond acceptors (Lipinski definition) is 3. The molecule has 1 saturated carbocycles. The second kappa shape index (κ2) is 7.19. The van der Waals surface area contributed by atoms with E-state index in [4.69, 9.17) is 14.7 Å². The van der Waals surface area contributed by atoms with Gasteiger partial charge < -0.3 is 9.47 Å². The van der Waals surface area contributed by atoms with E-state index in [2.05, 4.69) is 30.8 Å². The molecular weight excluding hydrogens is 286 g/mol.